The van der Waals surface area contributed by atoms with Gasteiger partial charge in [0, 0.05) is 17.8 Å². The Balaban J connectivity index is 2.52. The Bertz CT molecular complexity index is 412. The average molecular weight is 244 g/mol. The zero-order chi connectivity index (χ0) is 12.9. The molecular formula is C11H11F3N2O. The fourth-order valence-corrected chi connectivity index (χ4v) is 1.01. The molecule has 0 aliphatic rings. The van der Waals surface area contributed by atoms with E-state index in [1.807, 2.05) is 0 Å². The monoisotopic (exact) mass is 244 g/mol. The summed E-state index contributed by atoms with van der Waals surface area (Å²) in [4.78, 5) is 15.1. The number of carbonyl (C=O) groups is 1. The molecule has 1 amide bonds. The van der Waals surface area contributed by atoms with Crippen molar-refractivity contribution < 1.29 is 18.0 Å². The molecule has 3 nitrogen and oxygen atoms in total. The van der Waals surface area contributed by atoms with Gasteiger partial charge in [0.2, 0.25) is 5.91 Å². The zero-order valence-electron chi connectivity index (χ0n) is 9.08. The standard InChI is InChI=1S/C11H11F3N2O/c1-8(11(12,13)14)6-10(17)16-7-9-4-2-3-5-15-9/h2-6H,7H2,1H3,(H,16,17)/b8-6+. The van der Waals surface area contributed by atoms with Gasteiger partial charge in [-0.3, -0.25) is 9.78 Å². The van der Waals surface area contributed by atoms with E-state index in [0.29, 0.717) is 11.8 Å². The number of pyridine rings is 1. The van der Waals surface area contributed by atoms with Crippen molar-refractivity contribution in [2.24, 2.45) is 0 Å². The minimum atomic E-state index is -4.47. The summed E-state index contributed by atoms with van der Waals surface area (Å²) in [5.41, 5.74) is -0.352. The molecule has 0 aliphatic heterocycles. The Hall–Kier alpha value is -1.85. The highest BCUT2D eigenvalue weighted by Crippen LogP contribution is 2.24. The normalized spacial score (nSPS) is 12.4. The average Bonchev–Trinajstić information content (AvgIpc) is 2.26. The predicted octanol–water partition coefficient (Wildman–Crippen LogP) is 2.21. The third kappa shape index (κ3) is 4.67. The summed E-state index contributed by atoms with van der Waals surface area (Å²) >= 11 is 0. The molecule has 1 rings (SSSR count). The Morgan fingerprint density at radius 3 is 2.71 bits per heavy atom. The van der Waals surface area contributed by atoms with Crippen LogP contribution in [0.15, 0.2) is 36.0 Å². The fourth-order valence-electron chi connectivity index (χ4n) is 1.01. The third-order valence-electron chi connectivity index (χ3n) is 1.96. The third-order valence-corrected chi connectivity index (χ3v) is 1.96. The first-order chi connectivity index (χ1) is 7.89. The lowest BCUT2D eigenvalue weighted by molar-refractivity contribution is -0.118. The molecule has 0 bridgehead atoms. The second kappa shape index (κ2) is 5.47. The molecule has 0 atom stereocenters. The van der Waals surface area contributed by atoms with Gasteiger partial charge in [-0.25, -0.2) is 0 Å². The van der Waals surface area contributed by atoms with Crippen molar-refractivity contribution >= 4 is 5.91 Å². The number of halogens is 3. The Morgan fingerprint density at radius 2 is 2.18 bits per heavy atom. The maximum absolute atomic E-state index is 12.1. The summed E-state index contributed by atoms with van der Waals surface area (Å²) in [6, 6.07) is 5.10. The second-order valence-electron chi connectivity index (χ2n) is 3.36. The minimum Gasteiger partial charge on any atom is -0.347 e. The SMILES string of the molecule is C/C(=C\C(=O)NCc1ccccn1)C(F)(F)F. The first-order valence-corrected chi connectivity index (χ1v) is 4.83. The number of amides is 1. The Kier molecular flexibility index (Phi) is 4.25. The molecule has 0 aromatic carbocycles. The number of carbonyl (C=O) groups excluding carboxylic acids is 1. The lowest BCUT2D eigenvalue weighted by Crippen LogP contribution is -2.23. The molecule has 0 aliphatic carbocycles. The van der Waals surface area contributed by atoms with E-state index in [2.05, 4.69) is 10.3 Å². The molecule has 0 fully saturated rings. The number of nitrogens with zero attached hydrogens (tertiary/aromatic N) is 1. The number of nitrogens with one attached hydrogen (secondary N) is 1. The lowest BCUT2D eigenvalue weighted by atomic mass is 10.2. The smallest absolute Gasteiger partial charge is 0.347 e. The first kappa shape index (κ1) is 13.2. The minimum absolute atomic E-state index is 0.0985. The predicted molar refractivity (Wildman–Crippen MR) is 55.9 cm³/mol. The number of aromatic nitrogens is 1. The van der Waals surface area contributed by atoms with E-state index in [1.54, 1.807) is 18.2 Å². The molecule has 17 heavy (non-hydrogen) atoms. The molecule has 6 heteroatoms. The van der Waals surface area contributed by atoms with Crippen molar-refractivity contribution in [3.63, 3.8) is 0 Å². The summed E-state index contributed by atoms with van der Waals surface area (Å²) in [6.07, 6.45) is -2.40. The van der Waals surface area contributed by atoms with E-state index in [-0.39, 0.29) is 6.54 Å². The van der Waals surface area contributed by atoms with Gasteiger partial charge in [0.05, 0.1) is 12.2 Å². The molecule has 0 saturated carbocycles. The largest absolute Gasteiger partial charge is 0.412 e. The van der Waals surface area contributed by atoms with Gasteiger partial charge in [-0.1, -0.05) is 6.07 Å². The van der Waals surface area contributed by atoms with Crippen molar-refractivity contribution in [1.82, 2.24) is 10.3 Å². The second-order valence-corrected chi connectivity index (χ2v) is 3.36. The topological polar surface area (TPSA) is 42.0 Å². The molecule has 0 unspecified atom stereocenters. The lowest BCUT2D eigenvalue weighted by Gasteiger charge is -2.06. The molecule has 1 aromatic rings. The number of hydrogen-bond donors (Lipinski definition) is 1. The van der Waals surface area contributed by atoms with Crippen LogP contribution < -0.4 is 5.32 Å². The number of allylic oxidation sites excluding steroid dienone is 1. The van der Waals surface area contributed by atoms with E-state index >= 15 is 0 Å². The maximum Gasteiger partial charge on any atom is 0.412 e. The molecule has 1 N–H and O–H groups in total. The van der Waals surface area contributed by atoms with Crippen LogP contribution in [0.1, 0.15) is 12.6 Å². The molecule has 0 saturated heterocycles. The number of hydrogen-bond acceptors (Lipinski definition) is 2. The van der Waals surface area contributed by atoms with Gasteiger partial charge in [0.15, 0.2) is 0 Å². The highest BCUT2D eigenvalue weighted by Gasteiger charge is 2.30. The van der Waals surface area contributed by atoms with Crippen LogP contribution in [0.4, 0.5) is 13.2 Å². The van der Waals surface area contributed by atoms with Crippen LogP contribution in [0, 0.1) is 0 Å². The van der Waals surface area contributed by atoms with Crippen LogP contribution in [-0.2, 0) is 11.3 Å². The van der Waals surface area contributed by atoms with Gasteiger partial charge in [-0.15, -0.1) is 0 Å². The van der Waals surface area contributed by atoms with Crippen LogP contribution in [0.3, 0.4) is 0 Å². The quantitative estimate of drug-likeness (QED) is 0.828. The van der Waals surface area contributed by atoms with Crippen LogP contribution in [-0.4, -0.2) is 17.1 Å². The maximum atomic E-state index is 12.1. The van der Waals surface area contributed by atoms with Crippen LogP contribution in [0.25, 0.3) is 0 Å². The fraction of sp³-hybridized carbons (Fsp3) is 0.273. The van der Waals surface area contributed by atoms with Crippen LogP contribution in [0.5, 0.6) is 0 Å². The van der Waals surface area contributed by atoms with Crippen LogP contribution in [0.2, 0.25) is 0 Å². The summed E-state index contributed by atoms with van der Waals surface area (Å²) in [5, 5.41) is 2.32. The van der Waals surface area contributed by atoms with E-state index in [9.17, 15) is 18.0 Å². The van der Waals surface area contributed by atoms with Crippen molar-refractivity contribution in [1.29, 1.82) is 0 Å². The van der Waals surface area contributed by atoms with Gasteiger partial charge >= 0.3 is 6.18 Å². The molecule has 0 spiro atoms. The zero-order valence-corrected chi connectivity index (χ0v) is 9.08. The molecule has 92 valence electrons. The summed E-state index contributed by atoms with van der Waals surface area (Å²) in [5.74, 6) is -0.787. The van der Waals surface area contributed by atoms with Crippen molar-refractivity contribution in [2.75, 3.05) is 0 Å². The van der Waals surface area contributed by atoms with Gasteiger partial charge < -0.3 is 5.32 Å². The molecular weight excluding hydrogens is 233 g/mol. The van der Waals surface area contributed by atoms with Gasteiger partial charge in [0.25, 0.3) is 0 Å². The van der Waals surface area contributed by atoms with Gasteiger partial charge in [0.1, 0.15) is 0 Å². The van der Waals surface area contributed by atoms with Crippen molar-refractivity contribution in [2.45, 2.75) is 19.6 Å². The highest BCUT2D eigenvalue weighted by atomic mass is 19.4. The summed E-state index contributed by atoms with van der Waals surface area (Å²) < 4.78 is 36.3. The van der Waals surface area contributed by atoms with Crippen molar-refractivity contribution in [3.05, 3.63) is 41.7 Å². The summed E-state index contributed by atoms with van der Waals surface area (Å²) in [6.45, 7) is 0.946. The Labute approximate surface area is 96.4 Å². The van der Waals surface area contributed by atoms with E-state index in [4.69, 9.17) is 0 Å². The molecule has 1 aromatic heterocycles. The number of alkyl halides is 3. The first-order valence-electron chi connectivity index (χ1n) is 4.83. The van der Waals surface area contributed by atoms with E-state index in [0.717, 1.165) is 6.92 Å². The van der Waals surface area contributed by atoms with E-state index in [1.165, 1.54) is 6.20 Å². The highest BCUT2D eigenvalue weighted by molar-refractivity contribution is 5.88. The summed E-state index contributed by atoms with van der Waals surface area (Å²) in [7, 11) is 0. The Morgan fingerprint density at radius 1 is 1.47 bits per heavy atom. The molecule has 0 radical (unpaired) electrons. The van der Waals surface area contributed by atoms with E-state index < -0.39 is 17.7 Å². The van der Waals surface area contributed by atoms with Crippen LogP contribution >= 0.6 is 0 Å². The van der Waals surface area contributed by atoms with Gasteiger partial charge in [-0.05, 0) is 19.1 Å². The van der Waals surface area contributed by atoms with Crippen molar-refractivity contribution in [3.8, 4) is 0 Å². The van der Waals surface area contributed by atoms with Gasteiger partial charge in [-0.2, -0.15) is 13.2 Å². The number of rotatable bonds is 3. The molecule has 1 heterocycles.